The molecule has 1 amide bonds. The van der Waals surface area contributed by atoms with E-state index in [1.165, 1.54) is 17.0 Å². The van der Waals surface area contributed by atoms with Crippen molar-refractivity contribution in [1.82, 2.24) is 0 Å². The summed E-state index contributed by atoms with van der Waals surface area (Å²) in [5, 5.41) is 10.8. The number of sulfone groups is 1. The van der Waals surface area contributed by atoms with Crippen LogP contribution in [0.2, 0.25) is 0 Å². The fraction of sp³-hybridized carbons (Fsp3) is 0.417. The smallest absolute Gasteiger partial charge is 0.271 e. The summed E-state index contributed by atoms with van der Waals surface area (Å²) in [6.07, 6.45) is 1.59. The predicted molar refractivity (Wildman–Crippen MR) is 73.5 cm³/mol. The standard InChI is InChI=1S/C12H14N2O5S/c1-20(18,19)7-5-12(15)13-6-4-9-2-3-10(14(16)17)8-11(9)13/h2-3,8H,4-7H2,1H3. The molecule has 0 saturated heterocycles. The number of non-ortho nitro benzene ring substituents is 1. The van der Waals surface area contributed by atoms with Crippen LogP contribution in [0.4, 0.5) is 11.4 Å². The van der Waals surface area contributed by atoms with E-state index in [1.807, 2.05) is 0 Å². The Bertz CT molecular complexity index is 668. The maximum absolute atomic E-state index is 12.0. The van der Waals surface area contributed by atoms with Crippen LogP contribution in [0, 0.1) is 10.1 Å². The van der Waals surface area contributed by atoms with Crippen LogP contribution >= 0.6 is 0 Å². The third-order valence-corrected chi connectivity index (χ3v) is 4.11. The highest BCUT2D eigenvalue weighted by atomic mass is 32.2. The number of carbonyl (C=O) groups is 1. The summed E-state index contributed by atoms with van der Waals surface area (Å²) in [6.45, 7) is 0.430. The van der Waals surface area contributed by atoms with Gasteiger partial charge in [0.05, 0.1) is 16.4 Å². The second-order valence-electron chi connectivity index (χ2n) is 4.75. The molecule has 1 heterocycles. The molecular formula is C12H14N2O5S. The quantitative estimate of drug-likeness (QED) is 0.608. The maximum atomic E-state index is 12.0. The molecule has 1 aliphatic rings. The number of nitrogens with zero attached hydrogens (tertiary/aromatic N) is 2. The molecule has 0 bridgehead atoms. The first kappa shape index (κ1) is 14.4. The topological polar surface area (TPSA) is 97.6 Å². The zero-order chi connectivity index (χ0) is 14.9. The first-order chi connectivity index (χ1) is 9.28. The van der Waals surface area contributed by atoms with E-state index in [0.29, 0.717) is 18.7 Å². The van der Waals surface area contributed by atoms with Crippen molar-refractivity contribution in [2.24, 2.45) is 0 Å². The van der Waals surface area contributed by atoms with Gasteiger partial charge in [-0.3, -0.25) is 14.9 Å². The minimum Gasteiger partial charge on any atom is -0.312 e. The molecule has 0 radical (unpaired) electrons. The number of hydrogen-bond donors (Lipinski definition) is 0. The average Bonchev–Trinajstić information content (AvgIpc) is 2.77. The van der Waals surface area contributed by atoms with Gasteiger partial charge < -0.3 is 4.90 Å². The van der Waals surface area contributed by atoms with Gasteiger partial charge in [-0.1, -0.05) is 6.07 Å². The van der Waals surface area contributed by atoms with Crippen LogP contribution in [0.3, 0.4) is 0 Å². The fourth-order valence-corrected chi connectivity index (χ4v) is 2.69. The summed E-state index contributed by atoms with van der Waals surface area (Å²) in [5.74, 6) is -0.540. The van der Waals surface area contributed by atoms with Gasteiger partial charge >= 0.3 is 0 Å². The highest BCUT2D eigenvalue weighted by molar-refractivity contribution is 7.90. The Kier molecular flexibility index (Phi) is 3.76. The third kappa shape index (κ3) is 3.13. The Hall–Kier alpha value is -1.96. The van der Waals surface area contributed by atoms with Crippen molar-refractivity contribution >= 4 is 27.1 Å². The Morgan fingerprint density at radius 2 is 2.15 bits per heavy atom. The first-order valence-electron chi connectivity index (χ1n) is 6.03. The molecule has 0 saturated carbocycles. The van der Waals surface area contributed by atoms with Crippen LogP contribution in [0.15, 0.2) is 18.2 Å². The monoisotopic (exact) mass is 298 g/mol. The molecular weight excluding hydrogens is 284 g/mol. The second-order valence-corrected chi connectivity index (χ2v) is 7.01. The van der Waals surface area contributed by atoms with Gasteiger partial charge in [-0.25, -0.2) is 8.42 Å². The van der Waals surface area contributed by atoms with Crippen molar-refractivity contribution in [1.29, 1.82) is 0 Å². The van der Waals surface area contributed by atoms with E-state index in [2.05, 4.69) is 0 Å². The van der Waals surface area contributed by atoms with Crippen molar-refractivity contribution in [2.45, 2.75) is 12.8 Å². The van der Waals surface area contributed by atoms with Gasteiger partial charge in [0.1, 0.15) is 9.84 Å². The van der Waals surface area contributed by atoms with Crippen LogP contribution in [-0.2, 0) is 21.1 Å². The van der Waals surface area contributed by atoms with Crippen molar-refractivity contribution in [3.05, 3.63) is 33.9 Å². The van der Waals surface area contributed by atoms with E-state index >= 15 is 0 Å². The van der Waals surface area contributed by atoms with Crippen LogP contribution in [0.1, 0.15) is 12.0 Å². The van der Waals surface area contributed by atoms with Gasteiger partial charge in [0.15, 0.2) is 0 Å². The minimum absolute atomic E-state index is 0.0773. The molecule has 1 aliphatic heterocycles. The molecule has 108 valence electrons. The van der Waals surface area contributed by atoms with E-state index in [-0.39, 0.29) is 23.8 Å². The number of nitro groups is 1. The van der Waals surface area contributed by atoms with Crippen molar-refractivity contribution in [3.8, 4) is 0 Å². The number of benzene rings is 1. The van der Waals surface area contributed by atoms with Gasteiger partial charge in [0.25, 0.3) is 5.69 Å². The van der Waals surface area contributed by atoms with Gasteiger partial charge in [-0.05, 0) is 12.0 Å². The summed E-state index contributed by atoms with van der Waals surface area (Å²) in [5.41, 5.74) is 1.30. The molecule has 0 N–H and O–H groups in total. The SMILES string of the molecule is CS(=O)(=O)CCC(=O)N1CCc2ccc([N+](=O)[O-])cc21. The van der Waals surface area contributed by atoms with E-state index in [9.17, 15) is 23.3 Å². The van der Waals surface area contributed by atoms with E-state index in [4.69, 9.17) is 0 Å². The van der Waals surface area contributed by atoms with Crippen LogP contribution in [0.25, 0.3) is 0 Å². The zero-order valence-corrected chi connectivity index (χ0v) is 11.7. The molecule has 0 unspecified atom stereocenters. The number of fused-ring (bicyclic) bond motifs is 1. The number of amides is 1. The predicted octanol–water partition coefficient (Wildman–Crippen LogP) is 0.919. The number of anilines is 1. The molecule has 8 heteroatoms. The number of hydrogen-bond acceptors (Lipinski definition) is 5. The Labute approximate surface area is 116 Å². The van der Waals surface area contributed by atoms with Crippen LogP contribution < -0.4 is 4.90 Å². The van der Waals surface area contributed by atoms with E-state index < -0.39 is 14.8 Å². The molecule has 20 heavy (non-hydrogen) atoms. The zero-order valence-electron chi connectivity index (χ0n) is 10.9. The third-order valence-electron chi connectivity index (χ3n) is 3.16. The summed E-state index contributed by atoms with van der Waals surface area (Å²) in [4.78, 5) is 23.7. The van der Waals surface area contributed by atoms with Gasteiger partial charge in [-0.2, -0.15) is 0 Å². The number of carbonyl (C=O) groups excluding carboxylic acids is 1. The normalized spacial score (nSPS) is 14.2. The largest absolute Gasteiger partial charge is 0.312 e. The lowest BCUT2D eigenvalue weighted by molar-refractivity contribution is -0.384. The lowest BCUT2D eigenvalue weighted by Gasteiger charge is -2.16. The van der Waals surface area contributed by atoms with Gasteiger partial charge in [-0.15, -0.1) is 0 Å². The van der Waals surface area contributed by atoms with Crippen molar-refractivity contribution in [3.63, 3.8) is 0 Å². The van der Waals surface area contributed by atoms with Gasteiger partial charge in [0, 0.05) is 31.4 Å². The highest BCUT2D eigenvalue weighted by Crippen LogP contribution is 2.32. The highest BCUT2D eigenvalue weighted by Gasteiger charge is 2.26. The Morgan fingerprint density at radius 3 is 2.75 bits per heavy atom. The lowest BCUT2D eigenvalue weighted by Crippen LogP contribution is -2.30. The molecule has 0 aliphatic carbocycles. The Balaban J connectivity index is 2.20. The molecule has 0 aromatic heterocycles. The van der Waals surface area contributed by atoms with E-state index in [0.717, 1.165) is 11.8 Å². The van der Waals surface area contributed by atoms with Crippen LogP contribution in [-0.4, -0.2) is 37.8 Å². The molecule has 1 aromatic rings. The molecule has 0 atom stereocenters. The fourth-order valence-electron chi connectivity index (χ4n) is 2.15. The lowest BCUT2D eigenvalue weighted by atomic mass is 10.1. The average molecular weight is 298 g/mol. The summed E-state index contributed by atoms with van der Waals surface area (Å²) >= 11 is 0. The number of nitro benzene ring substituents is 1. The summed E-state index contributed by atoms with van der Waals surface area (Å²) < 4.78 is 22.2. The molecule has 7 nitrogen and oxygen atoms in total. The molecule has 0 spiro atoms. The molecule has 2 rings (SSSR count). The maximum Gasteiger partial charge on any atom is 0.271 e. The second kappa shape index (κ2) is 5.20. The number of rotatable bonds is 4. The first-order valence-corrected chi connectivity index (χ1v) is 8.09. The van der Waals surface area contributed by atoms with E-state index in [1.54, 1.807) is 6.07 Å². The van der Waals surface area contributed by atoms with Crippen molar-refractivity contribution < 1.29 is 18.1 Å². The van der Waals surface area contributed by atoms with Crippen LogP contribution in [0.5, 0.6) is 0 Å². The Morgan fingerprint density at radius 1 is 1.45 bits per heavy atom. The summed E-state index contributed by atoms with van der Waals surface area (Å²) in [7, 11) is -3.20. The minimum atomic E-state index is -3.20. The molecule has 0 fully saturated rings. The van der Waals surface area contributed by atoms with Crippen molar-refractivity contribution in [2.75, 3.05) is 23.5 Å². The molecule has 1 aromatic carbocycles. The van der Waals surface area contributed by atoms with Gasteiger partial charge in [0.2, 0.25) is 5.91 Å². The summed E-state index contributed by atoms with van der Waals surface area (Å²) in [6, 6.07) is 4.40.